The van der Waals surface area contributed by atoms with E-state index in [1.165, 1.54) is 0 Å². The number of benzene rings is 1. The van der Waals surface area contributed by atoms with E-state index >= 15 is 0 Å². The van der Waals surface area contributed by atoms with Gasteiger partial charge in [-0.15, -0.1) is 0 Å². The average Bonchev–Trinajstić information content (AvgIpc) is 2.89. The van der Waals surface area contributed by atoms with Crippen LogP contribution in [0.5, 0.6) is 0 Å². The summed E-state index contributed by atoms with van der Waals surface area (Å²) in [5, 5.41) is 4.05. The average molecular weight is 273 g/mol. The minimum Gasteiger partial charge on any atom is -0.370 e. The Hall–Kier alpha value is -1.72. The summed E-state index contributed by atoms with van der Waals surface area (Å²) in [6, 6.07) is 9.77. The van der Waals surface area contributed by atoms with E-state index in [0.717, 1.165) is 24.8 Å². The van der Waals surface area contributed by atoms with E-state index in [0.29, 0.717) is 18.1 Å². The van der Waals surface area contributed by atoms with Crippen molar-refractivity contribution >= 4 is 0 Å². The molecule has 5 nitrogen and oxygen atoms in total. The monoisotopic (exact) mass is 273 g/mol. The van der Waals surface area contributed by atoms with E-state index in [9.17, 15) is 0 Å². The summed E-state index contributed by atoms with van der Waals surface area (Å²) in [7, 11) is 1.69. The number of aromatic nitrogens is 2. The van der Waals surface area contributed by atoms with Gasteiger partial charge in [0.15, 0.2) is 0 Å². The van der Waals surface area contributed by atoms with Gasteiger partial charge in [0.1, 0.15) is 5.60 Å². The molecule has 2 N–H and O–H groups in total. The molecule has 0 aliphatic heterocycles. The standard InChI is InChI=1S/C15H19N3O2/c1-19-15(8-5-9-15)14-17-13(20-18-14)12(16)10-11-6-3-2-4-7-11/h2-4,6-7,12H,5,8-10,16H2,1H3/t12-/m1/s1. The van der Waals surface area contributed by atoms with Crippen LogP contribution in [0, 0.1) is 0 Å². The Kier molecular flexibility index (Phi) is 3.54. The third kappa shape index (κ3) is 2.34. The molecule has 0 bridgehead atoms. The number of hydrogen-bond donors (Lipinski definition) is 1. The molecule has 1 aliphatic rings. The lowest BCUT2D eigenvalue weighted by Crippen LogP contribution is -2.37. The second-order valence-electron chi connectivity index (χ2n) is 5.30. The van der Waals surface area contributed by atoms with Crippen molar-refractivity contribution in [2.45, 2.75) is 37.3 Å². The highest BCUT2D eigenvalue weighted by Crippen LogP contribution is 2.42. The first-order valence-corrected chi connectivity index (χ1v) is 6.92. The molecule has 1 aromatic heterocycles. The maximum atomic E-state index is 6.15. The normalized spacial score (nSPS) is 18.5. The predicted molar refractivity (Wildman–Crippen MR) is 73.9 cm³/mol. The van der Waals surface area contributed by atoms with Gasteiger partial charge >= 0.3 is 0 Å². The predicted octanol–water partition coefficient (Wildman–Crippen LogP) is 2.34. The summed E-state index contributed by atoms with van der Waals surface area (Å²) in [5.41, 5.74) is 6.95. The second-order valence-corrected chi connectivity index (χ2v) is 5.30. The summed E-state index contributed by atoms with van der Waals surface area (Å²) >= 11 is 0. The number of hydrogen-bond acceptors (Lipinski definition) is 5. The molecule has 0 radical (unpaired) electrons. The van der Waals surface area contributed by atoms with Gasteiger partial charge in [-0.05, 0) is 31.2 Å². The Morgan fingerprint density at radius 3 is 2.70 bits per heavy atom. The third-order valence-corrected chi connectivity index (χ3v) is 4.02. The lowest BCUT2D eigenvalue weighted by molar-refractivity contribution is -0.0858. The Balaban J connectivity index is 1.73. The maximum Gasteiger partial charge on any atom is 0.244 e. The lowest BCUT2D eigenvalue weighted by Gasteiger charge is -2.37. The van der Waals surface area contributed by atoms with Crippen LogP contribution >= 0.6 is 0 Å². The van der Waals surface area contributed by atoms with E-state index in [4.69, 9.17) is 15.0 Å². The van der Waals surface area contributed by atoms with Gasteiger partial charge in [0.2, 0.25) is 11.7 Å². The zero-order chi connectivity index (χ0) is 14.0. The third-order valence-electron chi connectivity index (χ3n) is 4.02. The van der Waals surface area contributed by atoms with E-state index in [2.05, 4.69) is 10.1 Å². The quantitative estimate of drug-likeness (QED) is 0.905. The van der Waals surface area contributed by atoms with Crippen molar-refractivity contribution in [1.29, 1.82) is 0 Å². The first-order chi connectivity index (χ1) is 9.73. The molecule has 1 aromatic carbocycles. The van der Waals surface area contributed by atoms with E-state index in [-0.39, 0.29) is 11.6 Å². The van der Waals surface area contributed by atoms with Crippen molar-refractivity contribution in [3.8, 4) is 0 Å². The van der Waals surface area contributed by atoms with Crippen LogP contribution in [0.4, 0.5) is 0 Å². The molecule has 0 spiro atoms. The lowest BCUT2D eigenvalue weighted by atomic mass is 9.79. The largest absolute Gasteiger partial charge is 0.370 e. The number of nitrogens with zero attached hydrogens (tertiary/aromatic N) is 2. The van der Waals surface area contributed by atoms with Crippen LogP contribution in [-0.2, 0) is 16.8 Å². The fourth-order valence-corrected chi connectivity index (χ4v) is 2.54. The Bertz CT molecular complexity index is 558. The van der Waals surface area contributed by atoms with E-state index in [1.807, 2.05) is 30.3 Å². The smallest absolute Gasteiger partial charge is 0.244 e. The molecule has 3 rings (SSSR count). The van der Waals surface area contributed by atoms with Crippen LogP contribution in [0.2, 0.25) is 0 Å². The number of methoxy groups -OCH3 is 1. The molecule has 1 saturated carbocycles. The van der Waals surface area contributed by atoms with Gasteiger partial charge in [-0.3, -0.25) is 0 Å². The van der Waals surface area contributed by atoms with E-state index in [1.54, 1.807) is 7.11 Å². The highest BCUT2D eigenvalue weighted by atomic mass is 16.5. The number of nitrogens with two attached hydrogens (primary N) is 1. The zero-order valence-electron chi connectivity index (χ0n) is 11.6. The molecular weight excluding hydrogens is 254 g/mol. The topological polar surface area (TPSA) is 74.2 Å². The molecule has 1 atom stereocenters. The summed E-state index contributed by atoms with van der Waals surface area (Å²) < 4.78 is 10.9. The molecule has 5 heteroatoms. The van der Waals surface area contributed by atoms with E-state index < -0.39 is 0 Å². The fraction of sp³-hybridized carbons (Fsp3) is 0.467. The number of ether oxygens (including phenoxy) is 1. The van der Waals surface area contributed by atoms with Crippen molar-refractivity contribution in [3.05, 3.63) is 47.6 Å². The van der Waals surface area contributed by atoms with Gasteiger partial charge < -0.3 is 15.0 Å². The van der Waals surface area contributed by atoms with Gasteiger partial charge in [-0.2, -0.15) is 4.98 Å². The van der Waals surface area contributed by atoms with Crippen molar-refractivity contribution in [1.82, 2.24) is 10.1 Å². The minimum absolute atomic E-state index is 0.285. The van der Waals surface area contributed by atoms with Crippen LogP contribution in [-0.4, -0.2) is 17.3 Å². The van der Waals surface area contributed by atoms with Crippen LogP contribution in [0.3, 0.4) is 0 Å². The Labute approximate surface area is 118 Å². The van der Waals surface area contributed by atoms with Crippen LogP contribution in [0.15, 0.2) is 34.9 Å². The summed E-state index contributed by atoms with van der Waals surface area (Å²) in [6.07, 6.45) is 3.70. The van der Waals surface area contributed by atoms with Gasteiger partial charge in [0, 0.05) is 7.11 Å². The first kappa shape index (κ1) is 13.3. The molecule has 106 valence electrons. The molecule has 0 unspecified atom stereocenters. The molecule has 20 heavy (non-hydrogen) atoms. The van der Waals surface area contributed by atoms with Crippen LogP contribution in [0.1, 0.15) is 42.6 Å². The number of rotatable bonds is 5. The summed E-state index contributed by atoms with van der Waals surface area (Å²) in [4.78, 5) is 4.44. The second kappa shape index (κ2) is 5.34. The van der Waals surface area contributed by atoms with Crippen molar-refractivity contribution in [3.63, 3.8) is 0 Å². The molecule has 2 aromatic rings. The molecule has 1 heterocycles. The van der Waals surface area contributed by atoms with Crippen molar-refractivity contribution < 1.29 is 9.26 Å². The Morgan fingerprint density at radius 1 is 1.35 bits per heavy atom. The highest BCUT2D eigenvalue weighted by molar-refractivity contribution is 5.17. The molecule has 0 amide bonds. The SMILES string of the molecule is COC1(c2noc([C@H](N)Cc3ccccc3)n2)CCC1. The summed E-state index contributed by atoms with van der Waals surface area (Å²) in [6.45, 7) is 0. The molecule has 0 saturated heterocycles. The molecular formula is C15H19N3O2. The van der Waals surface area contributed by atoms with Gasteiger partial charge in [0.05, 0.1) is 6.04 Å². The zero-order valence-corrected chi connectivity index (χ0v) is 11.6. The molecule has 1 aliphatic carbocycles. The van der Waals surface area contributed by atoms with Gasteiger partial charge in [-0.25, -0.2) is 0 Å². The maximum absolute atomic E-state index is 6.15. The first-order valence-electron chi connectivity index (χ1n) is 6.92. The van der Waals surface area contributed by atoms with Crippen molar-refractivity contribution in [2.75, 3.05) is 7.11 Å². The van der Waals surface area contributed by atoms with Crippen molar-refractivity contribution in [2.24, 2.45) is 5.73 Å². The molecule has 1 fully saturated rings. The Morgan fingerprint density at radius 2 is 2.10 bits per heavy atom. The van der Waals surface area contributed by atoms with Crippen LogP contribution < -0.4 is 5.73 Å². The van der Waals surface area contributed by atoms with Crippen LogP contribution in [0.25, 0.3) is 0 Å². The van der Waals surface area contributed by atoms with Gasteiger partial charge in [0.25, 0.3) is 0 Å². The summed E-state index contributed by atoms with van der Waals surface area (Å²) in [5.74, 6) is 1.11. The fourth-order valence-electron chi connectivity index (χ4n) is 2.54. The van der Waals surface area contributed by atoms with Gasteiger partial charge in [-0.1, -0.05) is 35.5 Å². The highest BCUT2D eigenvalue weighted by Gasteiger charge is 2.43. The minimum atomic E-state index is -0.353.